The topological polar surface area (TPSA) is 78.9 Å². The molecule has 6 heteroatoms. The van der Waals surface area contributed by atoms with E-state index in [0.29, 0.717) is 19.6 Å². The zero-order valence-corrected chi connectivity index (χ0v) is 11.2. The SMILES string of the molecule is CCCNC(=O)C(C)N1CC(C)(OCC(=O)O)C1. The molecule has 0 aromatic carbocycles. The Hall–Kier alpha value is -1.14. The maximum Gasteiger partial charge on any atom is 0.329 e. The van der Waals surface area contributed by atoms with Gasteiger partial charge in [0.1, 0.15) is 6.61 Å². The summed E-state index contributed by atoms with van der Waals surface area (Å²) in [6, 6.07) is -0.196. The van der Waals surface area contributed by atoms with Crippen molar-refractivity contribution < 1.29 is 19.4 Å². The Balaban J connectivity index is 2.31. The van der Waals surface area contributed by atoms with E-state index in [4.69, 9.17) is 9.84 Å². The fourth-order valence-electron chi connectivity index (χ4n) is 1.98. The number of ether oxygens (including phenoxy) is 1. The lowest BCUT2D eigenvalue weighted by Crippen LogP contribution is -2.66. The molecule has 1 heterocycles. The van der Waals surface area contributed by atoms with E-state index in [1.807, 2.05) is 25.7 Å². The number of hydrogen-bond acceptors (Lipinski definition) is 4. The van der Waals surface area contributed by atoms with Gasteiger partial charge >= 0.3 is 5.97 Å². The molecular formula is C12H22N2O4. The van der Waals surface area contributed by atoms with Crippen molar-refractivity contribution in [3.63, 3.8) is 0 Å². The highest BCUT2D eigenvalue weighted by Gasteiger charge is 2.43. The minimum absolute atomic E-state index is 0.0112. The van der Waals surface area contributed by atoms with E-state index < -0.39 is 11.6 Å². The van der Waals surface area contributed by atoms with Gasteiger partial charge in [-0.05, 0) is 20.3 Å². The second-order valence-corrected chi connectivity index (χ2v) is 5.00. The standard InChI is InChI=1S/C12H22N2O4/c1-4-5-13-11(17)9(2)14-7-12(3,8-14)18-6-10(15)16/h9H,4-8H2,1-3H3,(H,13,17)(H,15,16). The Morgan fingerprint density at radius 2 is 2.11 bits per heavy atom. The molecule has 0 bridgehead atoms. The van der Waals surface area contributed by atoms with Crippen LogP contribution in [-0.4, -0.2) is 59.8 Å². The van der Waals surface area contributed by atoms with E-state index >= 15 is 0 Å². The monoisotopic (exact) mass is 258 g/mol. The normalized spacial score (nSPS) is 19.9. The molecular weight excluding hydrogens is 236 g/mol. The molecule has 2 N–H and O–H groups in total. The van der Waals surface area contributed by atoms with Crippen LogP contribution in [0, 0.1) is 0 Å². The Kier molecular flexibility index (Phi) is 5.10. The number of aliphatic carboxylic acids is 1. The van der Waals surface area contributed by atoms with Crippen molar-refractivity contribution >= 4 is 11.9 Å². The third-order valence-corrected chi connectivity index (χ3v) is 3.10. The molecule has 0 saturated carbocycles. The van der Waals surface area contributed by atoms with Gasteiger partial charge in [-0.15, -0.1) is 0 Å². The fraction of sp³-hybridized carbons (Fsp3) is 0.833. The zero-order chi connectivity index (χ0) is 13.8. The van der Waals surface area contributed by atoms with Crippen molar-refractivity contribution in [1.82, 2.24) is 10.2 Å². The Morgan fingerprint density at radius 1 is 1.50 bits per heavy atom. The first kappa shape index (κ1) is 14.9. The van der Waals surface area contributed by atoms with E-state index in [-0.39, 0.29) is 18.6 Å². The van der Waals surface area contributed by atoms with Crippen LogP contribution in [0.1, 0.15) is 27.2 Å². The molecule has 0 aliphatic carbocycles. The summed E-state index contributed by atoms with van der Waals surface area (Å²) in [6.45, 7) is 7.28. The number of amides is 1. The molecule has 0 aromatic rings. The quantitative estimate of drug-likeness (QED) is 0.676. The first-order valence-electron chi connectivity index (χ1n) is 6.25. The average molecular weight is 258 g/mol. The van der Waals surface area contributed by atoms with Crippen LogP contribution < -0.4 is 5.32 Å². The molecule has 1 amide bonds. The molecule has 1 aliphatic heterocycles. The van der Waals surface area contributed by atoms with Crippen LogP contribution in [-0.2, 0) is 14.3 Å². The van der Waals surface area contributed by atoms with Gasteiger partial charge in [0.05, 0.1) is 11.6 Å². The average Bonchev–Trinajstić information content (AvgIpc) is 2.28. The van der Waals surface area contributed by atoms with Crippen LogP contribution in [0.5, 0.6) is 0 Å². The Labute approximate surface area is 107 Å². The number of likely N-dealkylation sites (tertiary alicyclic amines) is 1. The van der Waals surface area contributed by atoms with Gasteiger partial charge in [0.2, 0.25) is 5.91 Å². The molecule has 0 spiro atoms. The van der Waals surface area contributed by atoms with Crippen LogP contribution in [0.3, 0.4) is 0 Å². The molecule has 1 atom stereocenters. The maximum absolute atomic E-state index is 11.7. The van der Waals surface area contributed by atoms with Crippen LogP contribution in [0.15, 0.2) is 0 Å². The number of hydrogen-bond donors (Lipinski definition) is 2. The van der Waals surface area contributed by atoms with Gasteiger partial charge in [-0.2, -0.15) is 0 Å². The second kappa shape index (κ2) is 6.15. The zero-order valence-electron chi connectivity index (χ0n) is 11.2. The minimum atomic E-state index is -0.969. The van der Waals surface area contributed by atoms with Gasteiger partial charge < -0.3 is 15.2 Å². The predicted molar refractivity (Wildman–Crippen MR) is 66.3 cm³/mol. The number of carboxylic acids is 1. The summed E-state index contributed by atoms with van der Waals surface area (Å²) in [5.74, 6) is -0.958. The number of carbonyl (C=O) groups excluding carboxylic acids is 1. The summed E-state index contributed by atoms with van der Waals surface area (Å²) in [5.41, 5.74) is -0.447. The first-order valence-corrected chi connectivity index (χ1v) is 6.25. The number of nitrogens with zero attached hydrogens (tertiary/aromatic N) is 1. The number of rotatable bonds is 7. The van der Waals surface area contributed by atoms with Crippen LogP contribution >= 0.6 is 0 Å². The fourth-order valence-corrected chi connectivity index (χ4v) is 1.98. The summed E-state index contributed by atoms with van der Waals surface area (Å²) >= 11 is 0. The van der Waals surface area contributed by atoms with E-state index in [2.05, 4.69) is 5.32 Å². The molecule has 1 aliphatic rings. The first-order chi connectivity index (χ1) is 8.38. The summed E-state index contributed by atoms with van der Waals surface area (Å²) < 4.78 is 5.30. The lowest BCUT2D eigenvalue weighted by Gasteiger charge is -2.49. The van der Waals surface area contributed by atoms with Crippen molar-refractivity contribution in [3.05, 3.63) is 0 Å². The molecule has 1 rings (SSSR count). The summed E-state index contributed by atoms with van der Waals surface area (Å²) in [6.07, 6.45) is 0.915. The van der Waals surface area contributed by atoms with E-state index in [9.17, 15) is 9.59 Å². The minimum Gasteiger partial charge on any atom is -0.480 e. The maximum atomic E-state index is 11.7. The van der Waals surface area contributed by atoms with Gasteiger partial charge in [0.25, 0.3) is 0 Å². The molecule has 18 heavy (non-hydrogen) atoms. The summed E-state index contributed by atoms with van der Waals surface area (Å²) in [4.78, 5) is 24.1. The lowest BCUT2D eigenvalue weighted by molar-refractivity contribution is -0.171. The highest BCUT2D eigenvalue weighted by molar-refractivity contribution is 5.81. The van der Waals surface area contributed by atoms with Crippen molar-refractivity contribution in [2.45, 2.75) is 38.8 Å². The molecule has 1 fully saturated rings. The smallest absolute Gasteiger partial charge is 0.329 e. The number of nitrogens with one attached hydrogen (secondary N) is 1. The third kappa shape index (κ3) is 3.96. The summed E-state index contributed by atoms with van der Waals surface area (Å²) in [5, 5.41) is 11.4. The highest BCUT2D eigenvalue weighted by atomic mass is 16.5. The van der Waals surface area contributed by atoms with Gasteiger partial charge in [-0.25, -0.2) is 4.79 Å². The van der Waals surface area contributed by atoms with E-state index in [1.165, 1.54) is 0 Å². The van der Waals surface area contributed by atoms with Gasteiger partial charge in [0, 0.05) is 19.6 Å². The van der Waals surface area contributed by atoms with Crippen molar-refractivity contribution in [1.29, 1.82) is 0 Å². The van der Waals surface area contributed by atoms with Gasteiger partial charge in [-0.1, -0.05) is 6.92 Å². The Bertz CT molecular complexity index is 313. The van der Waals surface area contributed by atoms with Crippen LogP contribution in [0.25, 0.3) is 0 Å². The highest BCUT2D eigenvalue weighted by Crippen LogP contribution is 2.26. The Morgan fingerprint density at radius 3 is 2.61 bits per heavy atom. The predicted octanol–water partition coefficient (Wildman–Crippen LogP) is 0.0766. The van der Waals surface area contributed by atoms with E-state index in [1.54, 1.807) is 0 Å². The lowest BCUT2D eigenvalue weighted by atomic mass is 9.94. The molecule has 0 aromatic heterocycles. The van der Waals surface area contributed by atoms with Gasteiger partial charge in [-0.3, -0.25) is 9.69 Å². The molecule has 0 radical (unpaired) electrons. The van der Waals surface area contributed by atoms with Crippen molar-refractivity contribution in [2.24, 2.45) is 0 Å². The molecule has 6 nitrogen and oxygen atoms in total. The third-order valence-electron chi connectivity index (χ3n) is 3.10. The largest absolute Gasteiger partial charge is 0.480 e. The number of carbonyl (C=O) groups is 2. The molecule has 104 valence electrons. The van der Waals surface area contributed by atoms with Gasteiger partial charge in [0.15, 0.2) is 0 Å². The molecule has 1 saturated heterocycles. The van der Waals surface area contributed by atoms with E-state index in [0.717, 1.165) is 6.42 Å². The van der Waals surface area contributed by atoms with Crippen molar-refractivity contribution in [2.75, 3.05) is 26.2 Å². The van der Waals surface area contributed by atoms with Crippen LogP contribution in [0.4, 0.5) is 0 Å². The molecule has 1 unspecified atom stereocenters. The second-order valence-electron chi connectivity index (χ2n) is 5.00. The number of carboxylic acid groups (broad SMARTS) is 1. The van der Waals surface area contributed by atoms with Crippen LogP contribution in [0.2, 0.25) is 0 Å². The summed E-state index contributed by atoms with van der Waals surface area (Å²) in [7, 11) is 0. The van der Waals surface area contributed by atoms with Crippen molar-refractivity contribution in [3.8, 4) is 0 Å².